The molecule has 0 aromatic heterocycles. The molecule has 3 heteroatoms. The first kappa shape index (κ1) is 17.2. The molecule has 1 aliphatic carbocycles. The Bertz CT molecular complexity index is 628. The van der Waals surface area contributed by atoms with E-state index in [4.69, 9.17) is 4.89 Å². The third kappa shape index (κ3) is 4.20. The molecule has 0 N–H and O–H groups in total. The highest BCUT2D eigenvalue weighted by Gasteiger charge is 2.36. The van der Waals surface area contributed by atoms with E-state index in [0.717, 1.165) is 12.0 Å². The molecule has 0 spiro atoms. The van der Waals surface area contributed by atoms with Gasteiger partial charge in [0.1, 0.15) is 0 Å². The number of hydrogen-bond acceptors (Lipinski definition) is 3. The fourth-order valence-corrected chi connectivity index (χ4v) is 3.13. The van der Waals surface area contributed by atoms with Crippen molar-refractivity contribution in [2.75, 3.05) is 7.11 Å². The molecule has 0 amide bonds. The molecule has 2 rings (SSSR count). The molecule has 1 aromatic carbocycles. The van der Waals surface area contributed by atoms with Gasteiger partial charge in [-0.25, -0.2) is 4.79 Å². The fraction of sp³-hybridized carbons (Fsp3) is 0.350. The van der Waals surface area contributed by atoms with Gasteiger partial charge in [-0.15, -0.1) is 0 Å². The molecule has 0 saturated heterocycles. The molecule has 0 fully saturated rings. The van der Waals surface area contributed by atoms with Crippen molar-refractivity contribution in [3.8, 4) is 0 Å². The van der Waals surface area contributed by atoms with Crippen LogP contribution < -0.4 is 0 Å². The van der Waals surface area contributed by atoms with E-state index >= 15 is 0 Å². The molecule has 122 valence electrons. The molecule has 3 unspecified atom stereocenters. The van der Waals surface area contributed by atoms with Crippen molar-refractivity contribution >= 4 is 5.97 Å². The maximum atomic E-state index is 12.2. The molecular weight excluding hydrogens is 288 g/mol. The van der Waals surface area contributed by atoms with E-state index < -0.39 is 0 Å². The van der Waals surface area contributed by atoms with Gasteiger partial charge < -0.3 is 0 Å². The lowest BCUT2D eigenvalue weighted by atomic mass is 9.71. The summed E-state index contributed by atoms with van der Waals surface area (Å²) in [7, 11) is 1.36. The minimum absolute atomic E-state index is 0.115. The van der Waals surface area contributed by atoms with Crippen molar-refractivity contribution in [3.63, 3.8) is 0 Å². The molecule has 0 bridgehead atoms. The second-order valence-corrected chi connectivity index (χ2v) is 6.03. The Morgan fingerprint density at radius 2 is 1.96 bits per heavy atom. The van der Waals surface area contributed by atoms with Crippen LogP contribution >= 0.6 is 0 Å². The van der Waals surface area contributed by atoms with Gasteiger partial charge >= 0.3 is 5.97 Å². The third-order valence-electron chi connectivity index (χ3n) is 4.30. The van der Waals surface area contributed by atoms with Crippen molar-refractivity contribution in [1.82, 2.24) is 0 Å². The van der Waals surface area contributed by atoms with Crippen LogP contribution in [-0.2, 0) is 14.6 Å². The van der Waals surface area contributed by atoms with Crippen LogP contribution in [0, 0.1) is 5.92 Å². The Kier molecular flexibility index (Phi) is 5.94. The van der Waals surface area contributed by atoms with Crippen LogP contribution in [-0.4, -0.2) is 13.1 Å². The standard InChI is InChI=1S/C20H24O3/c1-14(2)9-5-6-10-16-13-19(20(21)23-22-4)15(3)17-11-7-8-12-18(16)17/h5-12,15-16,19H,1,13H2,2-4H3/b9-5-,10-6-. The van der Waals surface area contributed by atoms with E-state index in [-0.39, 0.29) is 23.7 Å². The highest BCUT2D eigenvalue weighted by atomic mass is 17.2. The Balaban J connectivity index is 2.28. The summed E-state index contributed by atoms with van der Waals surface area (Å²) in [6.07, 6.45) is 8.82. The van der Waals surface area contributed by atoms with Crippen molar-refractivity contribution in [2.45, 2.75) is 32.1 Å². The first-order valence-electron chi connectivity index (χ1n) is 7.88. The number of fused-ring (bicyclic) bond motifs is 1. The van der Waals surface area contributed by atoms with E-state index in [1.165, 1.54) is 18.2 Å². The van der Waals surface area contributed by atoms with Crippen LogP contribution in [0.1, 0.15) is 43.2 Å². The van der Waals surface area contributed by atoms with Crippen LogP contribution in [0.25, 0.3) is 0 Å². The topological polar surface area (TPSA) is 35.5 Å². The molecular formula is C20H24O3. The molecule has 0 saturated carbocycles. The lowest BCUT2D eigenvalue weighted by molar-refractivity contribution is -0.260. The van der Waals surface area contributed by atoms with E-state index in [1.54, 1.807) is 0 Å². The lowest BCUT2D eigenvalue weighted by Crippen LogP contribution is -2.29. The van der Waals surface area contributed by atoms with Gasteiger partial charge in [-0.05, 0) is 30.4 Å². The zero-order valence-corrected chi connectivity index (χ0v) is 14.0. The SMILES string of the molecule is C=C(C)/C=C\C=C/C1CC(C(=O)OOC)C(C)c2ccccc21. The van der Waals surface area contributed by atoms with Crippen molar-refractivity contribution in [3.05, 3.63) is 71.8 Å². The smallest absolute Gasteiger partial charge is 0.298 e. The minimum atomic E-state index is -0.301. The predicted octanol–water partition coefficient (Wildman–Crippen LogP) is 4.69. The van der Waals surface area contributed by atoms with Gasteiger partial charge in [0, 0.05) is 5.92 Å². The van der Waals surface area contributed by atoms with E-state index in [2.05, 4.69) is 36.6 Å². The first-order valence-corrected chi connectivity index (χ1v) is 7.88. The van der Waals surface area contributed by atoms with E-state index in [9.17, 15) is 4.79 Å². The normalized spacial score (nSPS) is 23.9. The molecule has 23 heavy (non-hydrogen) atoms. The van der Waals surface area contributed by atoms with Crippen LogP contribution in [0.3, 0.4) is 0 Å². The number of hydrogen-bond donors (Lipinski definition) is 0. The van der Waals surface area contributed by atoms with Gasteiger partial charge in [-0.1, -0.05) is 67.6 Å². The first-order chi connectivity index (χ1) is 11.0. The number of benzene rings is 1. The lowest BCUT2D eigenvalue weighted by Gasteiger charge is -2.33. The number of allylic oxidation sites excluding steroid dienone is 5. The van der Waals surface area contributed by atoms with Crippen LogP contribution in [0.15, 0.2) is 60.7 Å². The van der Waals surface area contributed by atoms with E-state index in [0.29, 0.717) is 0 Å². The maximum absolute atomic E-state index is 12.2. The van der Waals surface area contributed by atoms with Gasteiger partial charge in [0.15, 0.2) is 0 Å². The summed E-state index contributed by atoms with van der Waals surface area (Å²) in [5.41, 5.74) is 3.49. The van der Waals surface area contributed by atoms with Gasteiger partial charge in [-0.3, -0.25) is 4.89 Å². The third-order valence-corrected chi connectivity index (χ3v) is 4.30. The number of carbonyl (C=O) groups excluding carboxylic acids is 1. The number of carbonyl (C=O) groups is 1. The largest absolute Gasteiger partial charge is 0.346 e. The zero-order valence-electron chi connectivity index (χ0n) is 14.0. The highest BCUT2D eigenvalue weighted by Crippen LogP contribution is 2.43. The van der Waals surface area contributed by atoms with Gasteiger partial charge in [-0.2, -0.15) is 4.89 Å². The summed E-state index contributed by atoms with van der Waals surface area (Å²) in [5.74, 6) is -0.203. The molecule has 0 radical (unpaired) electrons. The summed E-state index contributed by atoms with van der Waals surface area (Å²) in [6.45, 7) is 7.87. The van der Waals surface area contributed by atoms with Crippen LogP contribution in [0.4, 0.5) is 0 Å². The van der Waals surface area contributed by atoms with Crippen molar-refractivity contribution < 1.29 is 14.6 Å². The molecule has 0 aliphatic heterocycles. The Hall–Kier alpha value is -2.13. The summed E-state index contributed by atoms with van der Waals surface area (Å²) >= 11 is 0. The van der Waals surface area contributed by atoms with Gasteiger partial charge in [0.2, 0.25) is 0 Å². The van der Waals surface area contributed by atoms with Gasteiger partial charge in [0.05, 0.1) is 13.0 Å². The van der Waals surface area contributed by atoms with E-state index in [1.807, 2.05) is 37.3 Å². The predicted molar refractivity (Wildman–Crippen MR) is 91.9 cm³/mol. The van der Waals surface area contributed by atoms with Crippen LogP contribution in [0.2, 0.25) is 0 Å². The number of rotatable bonds is 5. The Morgan fingerprint density at radius 3 is 2.61 bits per heavy atom. The Labute approximate surface area is 138 Å². The minimum Gasteiger partial charge on any atom is -0.298 e. The quantitative estimate of drug-likeness (QED) is 0.449. The fourth-order valence-electron chi connectivity index (χ4n) is 3.13. The second kappa shape index (κ2) is 7.93. The zero-order chi connectivity index (χ0) is 16.8. The highest BCUT2D eigenvalue weighted by molar-refractivity contribution is 5.74. The average Bonchev–Trinajstić information content (AvgIpc) is 2.53. The molecule has 0 heterocycles. The summed E-state index contributed by atoms with van der Waals surface area (Å²) in [4.78, 5) is 21.5. The molecule has 3 nitrogen and oxygen atoms in total. The van der Waals surface area contributed by atoms with Crippen molar-refractivity contribution in [1.29, 1.82) is 0 Å². The summed E-state index contributed by atoms with van der Waals surface area (Å²) in [5, 5.41) is 0. The maximum Gasteiger partial charge on any atom is 0.346 e. The monoisotopic (exact) mass is 312 g/mol. The summed E-state index contributed by atoms with van der Waals surface area (Å²) in [6, 6.07) is 8.29. The summed E-state index contributed by atoms with van der Waals surface area (Å²) < 4.78 is 0. The van der Waals surface area contributed by atoms with Crippen molar-refractivity contribution in [2.24, 2.45) is 5.92 Å². The average molecular weight is 312 g/mol. The van der Waals surface area contributed by atoms with Crippen LogP contribution in [0.5, 0.6) is 0 Å². The molecule has 1 aromatic rings. The van der Waals surface area contributed by atoms with Gasteiger partial charge in [0.25, 0.3) is 0 Å². The second-order valence-electron chi connectivity index (χ2n) is 6.03. The Morgan fingerprint density at radius 1 is 1.26 bits per heavy atom. The molecule has 3 atom stereocenters. The molecule has 1 aliphatic rings.